The molecule has 4 heteroatoms. The highest BCUT2D eigenvalue weighted by atomic mass is 15.2. The molecule has 1 aliphatic rings. The highest BCUT2D eigenvalue weighted by Crippen LogP contribution is 2.37. The maximum Gasteiger partial charge on any atom is 0.141 e. The predicted molar refractivity (Wildman–Crippen MR) is 73.2 cm³/mol. The Bertz CT molecular complexity index is 323. The third kappa shape index (κ3) is 3.31. The first kappa shape index (κ1) is 13.5. The lowest BCUT2D eigenvalue weighted by Crippen LogP contribution is -2.33. The molecule has 0 spiro atoms. The summed E-state index contributed by atoms with van der Waals surface area (Å²) in [7, 11) is 0. The molecule has 0 saturated heterocycles. The van der Waals surface area contributed by atoms with Gasteiger partial charge in [0.05, 0.1) is 6.04 Å². The smallest absolute Gasteiger partial charge is 0.141 e. The van der Waals surface area contributed by atoms with E-state index in [1.807, 2.05) is 0 Å². The number of aromatic amines is 1. The molecule has 1 aliphatic carbocycles. The lowest BCUT2D eigenvalue weighted by molar-refractivity contribution is 0.204. The largest absolute Gasteiger partial charge is 0.307 e. The molecule has 3 atom stereocenters. The Morgan fingerprint density at radius 3 is 3.00 bits per heavy atom. The van der Waals surface area contributed by atoms with Crippen molar-refractivity contribution in [3.63, 3.8) is 0 Å². The topological polar surface area (TPSA) is 53.6 Å². The third-order valence-corrected chi connectivity index (χ3v) is 4.21. The molecule has 0 aliphatic heterocycles. The maximum absolute atomic E-state index is 4.37. The quantitative estimate of drug-likeness (QED) is 0.816. The van der Waals surface area contributed by atoms with E-state index in [1.54, 1.807) is 6.33 Å². The summed E-state index contributed by atoms with van der Waals surface area (Å²) in [5.41, 5.74) is 0. The van der Waals surface area contributed by atoms with Gasteiger partial charge in [0.25, 0.3) is 0 Å². The molecule has 1 aromatic heterocycles. The SMILES string of the molecule is CCCNC(c1ncn[nH]1)C1CCCC(CC)C1. The van der Waals surface area contributed by atoms with Gasteiger partial charge >= 0.3 is 0 Å². The summed E-state index contributed by atoms with van der Waals surface area (Å²) in [6, 6.07) is 0.363. The van der Waals surface area contributed by atoms with Crippen molar-refractivity contribution >= 4 is 0 Å². The van der Waals surface area contributed by atoms with Crippen LogP contribution in [0.15, 0.2) is 6.33 Å². The average Bonchev–Trinajstić information content (AvgIpc) is 2.93. The molecule has 0 amide bonds. The number of aromatic nitrogens is 3. The second-order valence-electron chi connectivity index (χ2n) is 5.50. The summed E-state index contributed by atoms with van der Waals surface area (Å²) in [6.45, 7) is 5.58. The molecule has 1 aromatic rings. The van der Waals surface area contributed by atoms with Crippen molar-refractivity contribution in [1.29, 1.82) is 0 Å². The molecular formula is C14H26N4. The fourth-order valence-corrected chi connectivity index (χ4v) is 3.16. The molecule has 2 rings (SSSR count). The zero-order valence-corrected chi connectivity index (χ0v) is 11.7. The standard InChI is InChI=1S/C14H26N4/c1-3-8-15-13(14-16-10-17-18-14)12-7-5-6-11(4-2)9-12/h10-13,15H,3-9H2,1-2H3,(H,16,17,18). The fraction of sp³-hybridized carbons (Fsp3) is 0.857. The van der Waals surface area contributed by atoms with Gasteiger partial charge in [-0.05, 0) is 37.6 Å². The van der Waals surface area contributed by atoms with Gasteiger partial charge in [0.2, 0.25) is 0 Å². The van der Waals surface area contributed by atoms with E-state index in [0.29, 0.717) is 12.0 Å². The molecule has 102 valence electrons. The Morgan fingerprint density at radius 1 is 1.44 bits per heavy atom. The molecule has 4 nitrogen and oxygen atoms in total. The maximum atomic E-state index is 4.37. The zero-order valence-electron chi connectivity index (χ0n) is 11.7. The first-order valence-corrected chi connectivity index (χ1v) is 7.43. The molecule has 3 unspecified atom stereocenters. The Hall–Kier alpha value is -0.900. The number of hydrogen-bond acceptors (Lipinski definition) is 3. The van der Waals surface area contributed by atoms with Crippen molar-refractivity contribution in [1.82, 2.24) is 20.5 Å². The highest BCUT2D eigenvalue weighted by molar-refractivity contribution is 4.96. The van der Waals surface area contributed by atoms with Crippen molar-refractivity contribution in [2.45, 2.75) is 58.4 Å². The summed E-state index contributed by atoms with van der Waals surface area (Å²) in [5, 5.41) is 10.7. The van der Waals surface area contributed by atoms with Crippen molar-refractivity contribution < 1.29 is 0 Å². The van der Waals surface area contributed by atoms with E-state index < -0.39 is 0 Å². The van der Waals surface area contributed by atoms with Gasteiger partial charge in [-0.2, -0.15) is 5.10 Å². The van der Waals surface area contributed by atoms with Crippen LogP contribution in [0.3, 0.4) is 0 Å². The monoisotopic (exact) mass is 250 g/mol. The zero-order chi connectivity index (χ0) is 12.8. The van der Waals surface area contributed by atoms with Gasteiger partial charge in [-0.3, -0.25) is 5.10 Å². The molecule has 0 bridgehead atoms. The minimum atomic E-state index is 0.363. The Balaban J connectivity index is 2.03. The summed E-state index contributed by atoms with van der Waals surface area (Å²) < 4.78 is 0. The van der Waals surface area contributed by atoms with Crippen LogP contribution in [0.2, 0.25) is 0 Å². The fourth-order valence-electron chi connectivity index (χ4n) is 3.16. The Labute approximate surface area is 110 Å². The van der Waals surface area contributed by atoms with E-state index in [9.17, 15) is 0 Å². The van der Waals surface area contributed by atoms with E-state index in [-0.39, 0.29) is 0 Å². The van der Waals surface area contributed by atoms with Gasteiger partial charge in [-0.1, -0.05) is 33.1 Å². The minimum Gasteiger partial charge on any atom is -0.307 e. The number of hydrogen-bond donors (Lipinski definition) is 2. The molecule has 0 radical (unpaired) electrons. The van der Waals surface area contributed by atoms with Crippen molar-refractivity contribution in [3.8, 4) is 0 Å². The normalized spacial score (nSPS) is 26.1. The van der Waals surface area contributed by atoms with E-state index in [4.69, 9.17) is 0 Å². The van der Waals surface area contributed by atoms with Crippen molar-refractivity contribution in [2.24, 2.45) is 11.8 Å². The van der Waals surface area contributed by atoms with E-state index in [2.05, 4.69) is 34.3 Å². The molecule has 2 N–H and O–H groups in total. The van der Waals surface area contributed by atoms with Crippen LogP contribution in [0.1, 0.15) is 64.2 Å². The van der Waals surface area contributed by atoms with Crippen LogP contribution in [0.25, 0.3) is 0 Å². The van der Waals surface area contributed by atoms with Gasteiger partial charge in [-0.25, -0.2) is 4.98 Å². The van der Waals surface area contributed by atoms with Gasteiger partial charge in [0.1, 0.15) is 12.2 Å². The van der Waals surface area contributed by atoms with Crippen molar-refractivity contribution in [2.75, 3.05) is 6.54 Å². The molecule has 1 fully saturated rings. The number of H-pyrrole nitrogens is 1. The highest BCUT2D eigenvalue weighted by Gasteiger charge is 2.29. The van der Waals surface area contributed by atoms with Gasteiger partial charge in [0, 0.05) is 0 Å². The van der Waals surface area contributed by atoms with Crippen LogP contribution in [-0.4, -0.2) is 21.7 Å². The first-order chi connectivity index (χ1) is 8.85. The van der Waals surface area contributed by atoms with Crippen LogP contribution >= 0.6 is 0 Å². The summed E-state index contributed by atoms with van der Waals surface area (Å²) in [5.74, 6) is 2.63. The molecule has 18 heavy (non-hydrogen) atoms. The molecular weight excluding hydrogens is 224 g/mol. The van der Waals surface area contributed by atoms with Crippen molar-refractivity contribution in [3.05, 3.63) is 12.2 Å². The Kier molecular flexibility index (Phi) is 5.17. The third-order valence-electron chi connectivity index (χ3n) is 4.21. The van der Waals surface area contributed by atoms with Crippen LogP contribution < -0.4 is 5.32 Å². The number of nitrogens with zero attached hydrogens (tertiary/aromatic N) is 2. The summed E-state index contributed by atoms with van der Waals surface area (Å²) >= 11 is 0. The lowest BCUT2D eigenvalue weighted by atomic mass is 9.76. The summed E-state index contributed by atoms with van der Waals surface area (Å²) in [6.07, 6.45) is 9.51. The average molecular weight is 250 g/mol. The number of nitrogens with one attached hydrogen (secondary N) is 2. The molecule has 0 aromatic carbocycles. The van der Waals surface area contributed by atoms with Crippen LogP contribution in [0.5, 0.6) is 0 Å². The van der Waals surface area contributed by atoms with E-state index in [0.717, 1.165) is 24.7 Å². The number of rotatable bonds is 6. The van der Waals surface area contributed by atoms with Gasteiger partial charge in [-0.15, -0.1) is 0 Å². The van der Waals surface area contributed by atoms with E-state index >= 15 is 0 Å². The minimum absolute atomic E-state index is 0.363. The Morgan fingerprint density at radius 2 is 2.33 bits per heavy atom. The first-order valence-electron chi connectivity index (χ1n) is 7.43. The predicted octanol–water partition coefficient (Wildman–Crippen LogP) is 3.06. The van der Waals surface area contributed by atoms with Crippen LogP contribution in [0.4, 0.5) is 0 Å². The van der Waals surface area contributed by atoms with Gasteiger partial charge < -0.3 is 5.32 Å². The second-order valence-corrected chi connectivity index (χ2v) is 5.50. The van der Waals surface area contributed by atoms with Crippen LogP contribution in [-0.2, 0) is 0 Å². The van der Waals surface area contributed by atoms with E-state index in [1.165, 1.54) is 32.1 Å². The summed E-state index contributed by atoms with van der Waals surface area (Å²) in [4.78, 5) is 4.37. The van der Waals surface area contributed by atoms with Gasteiger partial charge in [0.15, 0.2) is 0 Å². The lowest BCUT2D eigenvalue weighted by Gasteiger charge is -2.33. The second kappa shape index (κ2) is 6.88. The molecule has 1 heterocycles. The van der Waals surface area contributed by atoms with Crippen LogP contribution in [0, 0.1) is 11.8 Å². The molecule has 1 saturated carbocycles.